The van der Waals surface area contributed by atoms with Crippen molar-refractivity contribution in [3.05, 3.63) is 0 Å². The predicted molar refractivity (Wildman–Crippen MR) is 66.4 cm³/mol. The molecule has 2 aliphatic carbocycles. The van der Waals surface area contributed by atoms with Crippen LogP contribution in [0.25, 0.3) is 0 Å². The van der Waals surface area contributed by atoms with Crippen molar-refractivity contribution in [3.8, 4) is 0 Å². The number of alkyl halides is 1. The van der Waals surface area contributed by atoms with Gasteiger partial charge in [0.25, 0.3) is 0 Å². The minimum atomic E-state index is -0.431. The smallest absolute Gasteiger partial charge is 0.226 e. The van der Waals surface area contributed by atoms with Gasteiger partial charge in [-0.05, 0) is 50.9 Å². The number of rotatable bonds is 4. The van der Waals surface area contributed by atoms with Gasteiger partial charge in [0.2, 0.25) is 5.91 Å². The maximum Gasteiger partial charge on any atom is 0.226 e. The third-order valence-electron chi connectivity index (χ3n) is 4.36. The highest BCUT2D eigenvalue weighted by atomic mass is 35.5. The van der Waals surface area contributed by atoms with E-state index in [9.17, 15) is 4.79 Å². The SMILES string of the molecule is CC(C)(CCl)C(=O)NCC1CC2CCC1C2. The van der Waals surface area contributed by atoms with E-state index in [2.05, 4.69) is 5.32 Å². The maximum atomic E-state index is 11.9. The van der Waals surface area contributed by atoms with E-state index in [0.717, 1.165) is 24.3 Å². The number of carbonyl (C=O) groups excluding carboxylic acids is 1. The number of amides is 1. The van der Waals surface area contributed by atoms with E-state index >= 15 is 0 Å². The molecule has 2 aliphatic rings. The topological polar surface area (TPSA) is 29.1 Å². The molecule has 0 heterocycles. The monoisotopic (exact) mass is 243 g/mol. The second-order valence-electron chi connectivity index (χ2n) is 6.16. The maximum absolute atomic E-state index is 11.9. The van der Waals surface area contributed by atoms with Gasteiger partial charge in [0, 0.05) is 12.4 Å². The molecule has 0 aromatic carbocycles. The van der Waals surface area contributed by atoms with Crippen molar-refractivity contribution in [3.63, 3.8) is 0 Å². The summed E-state index contributed by atoms with van der Waals surface area (Å²) in [6.45, 7) is 4.66. The molecule has 2 bridgehead atoms. The van der Waals surface area contributed by atoms with Gasteiger partial charge in [-0.15, -0.1) is 11.6 Å². The Balaban J connectivity index is 1.78. The van der Waals surface area contributed by atoms with Gasteiger partial charge in [0.1, 0.15) is 0 Å². The summed E-state index contributed by atoms with van der Waals surface area (Å²) >= 11 is 5.79. The van der Waals surface area contributed by atoms with Crippen LogP contribution in [0.3, 0.4) is 0 Å². The first-order valence-electron chi connectivity index (χ1n) is 6.37. The average molecular weight is 244 g/mol. The summed E-state index contributed by atoms with van der Waals surface area (Å²) in [7, 11) is 0. The number of carbonyl (C=O) groups is 1. The normalized spacial score (nSPS) is 33.1. The van der Waals surface area contributed by atoms with Crippen molar-refractivity contribution in [2.24, 2.45) is 23.2 Å². The Labute approximate surface area is 103 Å². The predicted octanol–water partition coefficient (Wildman–Crippen LogP) is 2.80. The third kappa shape index (κ3) is 2.37. The summed E-state index contributed by atoms with van der Waals surface area (Å²) in [6.07, 6.45) is 5.53. The summed E-state index contributed by atoms with van der Waals surface area (Å²) in [5.41, 5.74) is -0.431. The summed E-state index contributed by atoms with van der Waals surface area (Å²) < 4.78 is 0. The van der Waals surface area contributed by atoms with Crippen molar-refractivity contribution in [2.75, 3.05) is 12.4 Å². The van der Waals surface area contributed by atoms with Gasteiger partial charge >= 0.3 is 0 Å². The Morgan fingerprint density at radius 1 is 1.38 bits per heavy atom. The minimum absolute atomic E-state index is 0.102. The van der Waals surface area contributed by atoms with Crippen LogP contribution in [0, 0.1) is 23.2 Å². The molecule has 0 aromatic heterocycles. The third-order valence-corrected chi connectivity index (χ3v) is 5.03. The largest absolute Gasteiger partial charge is 0.355 e. The molecule has 2 rings (SSSR count). The van der Waals surface area contributed by atoms with E-state index in [-0.39, 0.29) is 5.91 Å². The molecule has 16 heavy (non-hydrogen) atoms. The lowest BCUT2D eigenvalue weighted by Crippen LogP contribution is -2.41. The van der Waals surface area contributed by atoms with Gasteiger partial charge in [-0.3, -0.25) is 4.79 Å². The molecule has 3 atom stereocenters. The molecule has 0 saturated heterocycles. The highest BCUT2D eigenvalue weighted by Crippen LogP contribution is 2.47. The van der Waals surface area contributed by atoms with Crippen molar-refractivity contribution < 1.29 is 4.79 Å². The highest BCUT2D eigenvalue weighted by Gasteiger charge is 2.39. The van der Waals surface area contributed by atoms with E-state index in [4.69, 9.17) is 11.6 Å². The van der Waals surface area contributed by atoms with Crippen LogP contribution in [0.4, 0.5) is 0 Å². The highest BCUT2D eigenvalue weighted by molar-refractivity contribution is 6.19. The van der Waals surface area contributed by atoms with Crippen LogP contribution in [-0.2, 0) is 4.79 Å². The molecular formula is C13H22ClNO. The second kappa shape index (κ2) is 4.56. The molecule has 2 fully saturated rings. The van der Waals surface area contributed by atoms with Crippen molar-refractivity contribution >= 4 is 17.5 Å². The minimum Gasteiger partial charge on any atom is -0.355 e. The van der Waals surface area contributed by atoms with E-state index < -0.39 is 5.41 Å². The van der Waals surface area contributed by atoms with E-state index in [1.807, 2.05) is 13.8 Å². The molecule has 92 valence electrons. The van der Waals surface area contributed by atoms with Crippen LogP contribution >= 0.6 is 11.6 Å². The van der Waals surface area contributed by atoms with Gasteiger partial charge < -0.3 is 5.32 Å². The lowest BCUT2D eigenvalue weighted by Gasteiger charge is -2.25. The fourth-order valence-electron chi connectivity index (χ4n) is 3.15. The Hall–Kier alpha value is -0.240. The van der Waals surface area contributed by atoms with Crippen LogP contribution in [0.5, 0.6) is 0 Å². The molecule has 0 spiro atoms. The molecule has 2 nitrogen and oxygen atoms in total. The van der Waals surface area contributed by atoms with Crippen molar-refractivity contribution in [1.29, 1.82) is 0 Å². The van der Waals surface area contributed by atoms with Crippen molar-refractivity contribution in [2.45, 2.75) is 39.5 Å². The molecule has 3 heteroatoms. The quantitative estimate of drug-likeness (QED) is 0.756. The second-order valence-corrected chi connectivity index (χ2v) is 6.43. The zero-order chi connectivity index (χ0) is 11.8. The Morgan fingerprint density at radius 2 is 2.12 bits per heavy atom. The number of hydrogen-bond donors (Lipinski definition) is 1. The standard InChI is InChI=1S/C13H22ClNO/c1-13(2,8-14)12(16)15-7-11-6-9-3-4-10(11)5-9/h9-11H,3-8H2,1-2H3,(H,15,16). The Morgan fingerprint density at radius 3 is 2.62 bits per heavy atom. The summed E-state index contributed by atoms with van der Waals surface area (Å²) in [5.74, 6) is 3.05. The van der Waals surface area contributed by atoms with E-state index in [0.29, 0.717) is 5.88 Å². The molecule has 1 N–H and O–H groups in total. The molecule has 2 saturated carbocycles. The number of halogens is 1. The molecular weight excluding hydrogens is 222 g/mol. The summed E-state index contributed by atoms with van der Waals surface area (Å²) in [5, 5.41) is 3.08. The van der Waals surface area contributed by atoms with Crippen LogP contribution in [0.15, 0.2) is 0 Å². The fraction of sp³-hybridized carbons (Fsp3) is 0.923. The first-order valence-corrected chi connectivity index (χ1v) is 6.90. The van der Waals surface area contributed by atoms with Crippen LogP contribution in [0.1, 0.15) is 39.5 Å². The summed E-state index contributed by atoms with van der Waals surface area (Å²) in [6, 6.07) is 0. The van der Waals surface area contributed by atoms with Gasteiger partial charge in [0.15, 0.2) is 0 Å². The van der Waals surface area contributed by atoms with Crippen LogP contribution in [0.2, 0.25) is 0 Å². The number of nitrogens with one attached hydrogen (secondary N) is 1. The fourth-order valence-corrected chi connectivity index (χ4v) is 3.27. The van der Waals surface area contributed by atoms with Crippen LogP contribution in [-0.4, -0.2) is 18.3 Å². The Bertz CT molecular complexity index is 277. The molecule has 0 radical (unpaired) electrons. The van der Waals surface area contributed by atoms with Gasteiger partial charge in [-0.2, -0.15) is 0 Å². The van der Waals surface area contributed by atoms with E-state index in [1.165, 1.54) is 25.7 Å². The Kier molecular flexibility index (Phi) is 3.48. The number of fused-ring (bicyclic) bond motifs is 2. The number of hydrogen-bond acceptors (Lipinski definition) is 1. The van der Waals surface area contributed by atoms with Crippen LogP contribution < -0.4 is 5.32 Å². The van der Waals surface area contributed by atoms with E-state index in [1.54, 1.807) is 0 Å². The van der Waals surface area contributed by atoms with Gasteiger partial charge in [-0.1, -0.05) is 6.42 Å². The first-order chi connectivity index (χ1) is 7.53. The molecule has 3 unspecified atom stereocenters. The average Bonchev–Trinajstić information content (AvgIpc) is 2.87. The van der Waals surface area contributed by atoms with Gasteiger partial charge in [0.05, 0.1) is 5.41 Å². The van der Waals surface area contributed by atoms with Crippen molar-refractivity contribution in [1.82, 2.24) is 5.32 Å². The zero-order valence-corrected chi connectivity index (χ0v) is 11.0. The molecule has 1 amide bonds. The molecule has 0 aliphatic heterocycles. The zero-order valence-electron chi connectivity index (χ0n) is 10.3. The van der Waals surface area contributed by atoms with Gasteiger partial charge in [-0.25, -0.2) is 0 Å². The molecule has 0 aromatic rings. The lowest BCUT2D eigenvalue weighted by atomic mass is 9.88. The first kappa shape index (κ1) is 12.2. The lowest BCUT2D eigenvalue weighted by molar-refractivity contribution is -0.128. The summed E-state index contributed by atoms with van der Waals surface area (Å²) in [4.78, 5) is 11.9.